The molecule has 1 aliphatic rings. The van der Waals surface area contributed by atoms with Crippen molar-refractivity contribution < 1.29 is 27.4 Å². The van der Waals surface area contributed by atoms with Crippen LogP contribution in [0.3, 0.4) is 0 Å². The summed E-state index contributed by atoms with van der Waals surface area (Å²) < 4.78 is 43.9. The van der Waals surface area contributed by atoms with E-state index in [0.29, 0.717) is 17.2 Å². The Bertz CT molecular complexity index is 1390. The van der Waals surface area contributed by atoms with Crippen molar-refractivity contribution in [1.82, 2.24) is 0 Å². The molecule has 0 unspecified atom stereocenters. The average Bonchev–Trinajstić information content (AvgIpc) is 3.27. The van der Waals surface area contributed by atoms with E-state index in [1.165, 1.54) is 43.5 Å². The zero-order valence-electron chi connectivity index (χ0n) is 17.7. The number of sulfonamides is 1. The highest BCUT2D eigenvalue weighted by molar-refractivity contribution is 7.92. The fourth-order valence-corrected chi connectivity index (χ4v) is 4.54. The van der Waals surface area contributed by atoms with Gasteiger partial charge in [-0.3, -0.25) is 9.52 Å². The van der Waals surface area contributed by atoms with Gasteiger partial charge in [0.1, 0.15) is 5.75 Å². The third-order valence-electron chi connectivity index (χ3n) is 4.74. The Morgan fingerprint density at radius 3 is 2.56 bits per heavy atom. The highest BCUT2D eigenvalue weighted by Gasteiger charge is 2.19. The Balaban J connectivity index is 1.50. The van der Waals surface area contributed by atoms with Crippen molar-refractivity contribution in [2.75, 3.05) is 23.9 Å². The zero-order valence-corrected chi connectivity index (χ0v) is 20.0. The smallest absolute Gasteiger partial charge is 0.262 e. The lowest BCUT2D eigenvalue weighted by molar-refractivity contribution is -0.111. The second kappa shape index (κ2) is 9.84. The summed E-state index contributed by atoms with van der Waals surface area (Å²) in [6.07, 6.45) is 2.97. The number of carbonyl (C=O) groups is 1. The van der Waals surface area contributed by atoms with E-state index in [9.17, 15) is 13.2 Å². The minimum absolute atomic E-state index is 0.0787. The summed E-state index contributed by atoms with van der Waals surface area (Å²) in [5.74, 6) is 1.10. The minimum Gasteiger partial charge on any atom is -0.495 e. The van der Waals surface area contributed by atoms with Crippen LogP contribution in [-0.4, -0.2) is 28.2 Å². The largest absolute Gasteiger partial charge is 0.495 e. The Kier molecular flexibility index (Phi) is 6.87. The number of nitrogens with one attached hydrogen (secondary N) is 2. The van der Waals surface area contributed by atoms with E-state index >= 15 is 0 Å². The summed E-state index contributed by atoms with van der Waals surface area (Å²) in [5, 5.41) is 3.02. The van der Waals surface area contributed by atoms with Crippen LogP contribution in [0.1, 0.15) is 5.56 Å². The second-order valence-electron chi connectivity index (χ2n) is 7.03. The molecule has 1 amide bonds. The number of hydrogen-bond acceptors (Lipinski definition) is 6. The molecule has 1 heterocycles. The number of fused-ring (bicyclic) bond motifs is 1. The lowest BCUT2D eigenvalue weighted by Crippen LogP contribution is -2.14. The van der Waals surface area contributed by atoms with E-state index < -0.39 is 15.9 Å². The molecule has 3 aromatic rings. The minimum atomic E-state index is -4.00. The van der Waals surface area contributed by atoms with Crippen LogP contribution in [0.25, 0.3) is 6.08 Å². The third-order valence-corrected chi connectivity index (χ3v) is 6.84. The lowest BCUT2D eigenvalue weighted by Gasteiger charge is -2.14. The van der Waals surface area contributed by atoms with Crippen molar-refractivity contribution in [2.24, 2.45) is 0 Å². The molecule has 176 valence electrons. The van der Waals surface area contributed by atoms with Crippen molar-refractivity contribution >= 4 is 56.6 Å². The number of halogens is 2. The van der Waals surface area contributed by atoms with Crippen molar-refractivity contribution in [1.29, 1.82) is 0 Å². The Morgan fingerprint density at radius 2 is 1.79 bits per heavy atom. The molecule has 0 saturated carbocycles. The van der Waals surface area contributed by atoms with E-state index in [2.05, 4.69) is 10.0 Å². The predicted octanol–water partition coefficient (Wildman–Crippen LogP) is 5.18. The standard InChI is InChI=1S/C23H18Cl2N2O6S/c1-31-20-8-4-15(11-19(20)27-34(29,30)16-5-6-17(24)18(25)12-16)26-23(28)9-3-14-2-7-21-22(10-14)33-13-32-21/h2-12,27H,13H2,1H3,(H,26,28)/b9-3+. The lowest BCUT2D eigenvalue weighted by atomic mass is 10.2. The molecule has 0 aliphatic carbocycles. The molecule has 0 saturated heterocycles. The summed E-state index contributed by atoms with van der Waals surface area (Å²) in [5.41, 5.74) is 1.24. The van der Waals surface area contributed by atoms with E-state index in [-0.39, 0.29) is 33.2 Å². The molecule has 0 radical (unpaired) electrons. The van der Waals surface area contributed by atoms with Crippen LogP contribution in [0.4, 0.5) is 11.4 Å². The van der Waals surface area contributed by atoms with Gasteiger partial charge in [0.15, 0.2) is 11.5 Å². The third kappa shape index (κ3) is 5.39. The molecule has 4 rings (SSSR count). The molecule has 1 aliphatic heterocycles. The zero-order chi connectivity index (χ0) is 24.3. The van der Waals surface area contributed by atoms with Gasteiger partial charge in [-0.25, -0.2) is 8.42 Å². The fraction of sp³-hybridized carbons (Fsp3) is 0.0870. The molecule has 0 spiro atoms. The van der Waals surface area contributed by atoms with Gasteiger partial charge in [-0.05, 0) is 60.2 Å². The molecule has 3 aromatic carbocycles. The highest BCUT2D eigenvalue weighted by Crippen LogP contribution is 2.33. The van der Waals surface area contributed by atoms with Crippen LogP contribution in [0.5, 0.6) is 17.2 Å². The predicted molar refractivity (Wildman–Crippen MR) is 130 cm³/mol. The van der Waals surface area contributed by atoms with Gasteiger partial charge in [0, 0.05) is 11.8 Å². The molecular weight excluding hydrogens is 503 g/mol. The van der Waals surface area contributed by atoms with Crippen LogP contribution >= 0.6 is 23.2 Å². The SMILES string of the molecule is COc1ccc(NC(=O)/C=C/c2ccc3c(c2)OCO3)cc1NS(=O)(=O)c1ccc(Cl)c(Cl)c1. The quantitative estimate of drug-likeness (QED) is 0.416. The average molecular weight is 521 g/mol. The first-order valence-electron chi connectivity index (χ1n) is 9.80. The van der Waals surface area contributed by atoms with Crippen LogP contribution in [0.2, 0.25) is 10.0 Å². The van der Waals surface area contributed by atoms with E-state index in [4.69, 9.17) is 37.4 Å². The van der Waals surface area contributed by atoms with Gasteiger partial charge >= 0.3 is 0 Å². The van der Waals surface area contributed by atoms with Crippen LogP contribution in [-0.2, 0) is 14.8 Å². The fourth-order valence-electron chi connectivity index (χ4n) is 3.09. The van der Waals surface area contributed by atoms with Crippen molar-refractivity contribution in [2.45, 2.75) is 4.90 Å². The number of amides is 1. The number of rotatable bonds is 7. The van der Waals surface area contributed by atoms with E-state index in [0.717, 1.165) is 5.56 Å². The Morgan fingerprint density at radius 1 is 1.00 bits per heavy atom. The molecular formula is C23H18Cl2N2O6S. The van der Waals surface area contributed by atoms with Crippen molar-refractivity contribution in [3.63, 3.8) is 0 Å². The van der Waals surface area contributed by atoms with Crippen LogP contribution in [0.15, 0.2) is 65.6 Å². The second-order valence-corrected chi connectivity index (χ2v) is 9.53. The van der Waals surface area contributed by atoms with Crippen LogP contribution < -0.4 is 24.2 Å². The molecule has 2 N–H and O–H groups in total. The van der Waals surface area contributed by atoms with Crippen LogP contribution in [0, 0.1) is 0 Å². The van der Waals surface area contributed by atoms with Gasteiger partial charge in [-0.15, -0.1) is 0 Å². The number of methoxy groups -OCH3 is 1. The summed E-state index contributed by atoms with van der Waals surface area (Å²) >= 11 is 11.8. The molecule has 0 atom stereocenters. The Hall–Kier alpha value is -3.40. The Labute approximate surface area is 206 Å². The maximum absolute atomic E-state index is 12.8. The van der Waals surface area contributed by atoms with E-state index in [1.54, 1.807) is 30.3 Å². The van der Waals surface area contributed by atoms with E-state index in [1.807, 2.05) is 0 Å². The van der Waals surface area contributed by atoms with Gasteiger partial charge in [0.2, 0.25) is 12.7 Å². The summed E-state index contributed by atoms with van der Waals surface area (Å²) in [6.45, 7) is 0.164. The van der Waals surface area contributed by atoms with Gasteiger partial charge in [0.05, 0.1) is 27.7 Å². The monoisotopic (exact) mass is 520 g/mol. The molecule has 11 heteroatoms. The maximum atomic E-state index is 12.8. The number of carbonyl (C=O) groups excluding carboxylic acids is 1. The first-order chi connectivity index (χ1) is 16.2. The summed E-state index contributed by atoms with van der Waals surface area (Å²) in [7, 11) is -2.60. The molecule has 34 heavy (non-hydrogen) atoms. The summed E-state index contributed by atoms with van der Waals surface area (Å²) in [6, 6.07) is 13.8. The topological polar surface area (TPSA) is 103 Å². The molecule has 0 bridgehead atoms. The summed E-state index contributed by atoms with van der Waals surface area (Å²) in [4.78, 5) is 12.3. The number of hydrogen-bond donors (Lipinski definition) is 2. The van der Waals surface area contributed by atoms with Gasteiger partial charge in [0.25, 0.3) is 10.0 Å². The van der Waals surface area contributed by atoms with Crippen molar-refractivity contribution in [3.8, 4) is 17.2 Å². The number of anilines is 2. The number of ether oxygens (including phenoxy) is 3. The normalized spacial score (nSPS) is 12.6. The number of benzene rings is 3. The first kappa shape index (κ1) is 23.7. The highest BCUT2D eigenvalue weighted by atomic mass is 35.5. The molecule has 0 fully saturated rings. The molecule has 0 aromatic heterocycles. The van der Waals surface area contributed by atoms with Crippen molar-refractivity contribution in [3.05, 3.63) is 76.3 Å². The molecule has 8 nitrogen and oxygen atoms in total. The van der Waals surface area contributed by atoms with Gasteiger partial charge in [-0.1, -0.05) is 29.3 Å². The first-order valence-corrected chi connectivity index (χ1v) is 12.0. The van der Waals surface area contributed by atoms with Gasteiger partial charge in [-0.2, -0.15) is 0 Å². The maximum Gasteiger partial charge on any atom is 0.262 e. The van der Waals surface area contributed by atoms with Gasteiger partial charge < -0.3 is 19.5 Å².